The predicted molar refractivity (Wildman–Crippen MR) is 101 cm³/mol. The molecule has 1 fully saturated rings. The van der Waals surface area contributed by atoms with Crippen LogP contribution in [0.5, 0.6) is 0 Å². The fourth-order valence-corrected chi connectivity index (χ4v) is 3.56. The molecule has 2 aromatic carbocycles. The third-order valence-corrected chi connectivity index (χ3v) is 4.85. The number of hydrogen-bond acceptors (Lipinski definition) is 3. The van der Waals surface area contributed by atoms with Crippen molar-refractivity contribution in [3.63, 3.8) is 0 Å². The minimum Gasteiger partial charge on any atom is -0.319 e. The maximum atomic E-state index is 13.7. The lowest BCUT2D eigenvalue weighted by Gasteiger charge is -2.25. The summed E-state index contributed by atoms with van der Waals surface area (Å²) in [5.41, 5.74) is 0.330. The van der Waals surface area contributed by atoms with Crippen molar-refractivity contribution in [2.24, 2.45) is 0 Å². The average molecular weight is 395 g/mol. The van der Waals surface area contributed by atoms with Crippen molar-refractivity contribution >= 4 is 24.3 Å². The molecule has 1 aliphatic heterocycles. The van der Waals surface area contributed by atoms with Gasteiger partial charge in [0.2, 0.25) is 0 Å². The molecule has 1 aliphatic rings. The van der Waals surface area contributed by atoms with Gasteiger partial charge in [0.25, 0.3) is 0 Å². The normalized spacial score (nSPS) is 19.3. The van der Waals surface area contributed by atoms with Crippen molar-refractivity contribution in [3.05, 3.63) is 65.5 Å². The monoisotopic (exact) mass is 395 g/mol. The molecule has 2 atom stereocenters. The predicted octanol–water partition coefficient (Wildman–Crippen LogP) is 3.80. The Morgan fingerprint density at radius 2 is 1.93 bits per heavy atom. The van der Waals surface area contributed by atoms with Crippen LogP contribution < -0.4 is 10.6 Å². The van der Waals surface area contributed by atoms with Crippen molar-refractivity contribution in [2.75, 3.05) is 18.4 Å². The second kappa shape index (κ2) is 8.67. The van der Waals surface area contributed by atoms with E-state index in [4.69, 9.17) is 0 Å². The number of thiol groups is 1. The van der Waals surface area contributed by atoms with Gasteiger partial charge in [-0.2, -0.15) is 12.6 Å². The fraction of sp³-hybridized carbons (Fsp3) is 0.316. The van der Waals surface area contributed by atoms with Gasteiger partial charge < -0.3 is 15.5 Å². The molecule has 0 unspecified atom stereocenters. The number of likely N-dealkylation sites (tertiary alicyclic amines) is 1. The summed E-state index contributed by atoms with van der Waals surface area (Å²) in [6.45, 7) is 0.946. The van der Waals surface area contributed by atoms with E-state index in [1.54, 1.807) is 17.0 Å². The summed E-state index contributed by atoms with van der Waals surface area (Å²) in [6, 6.07) is 8.63. The number of anilines is 1. The molecule has 2 amide bonds. The molecule has 3 rings (SSSR count). The zero-order chi connectivity index (χ0) is 19.4. The van der Waals surface area contributed by atoms with Crippen LogP contribution in [0.4, 0.5) is 23.7 Å². The van der Waals surface area contributed by atoms with Gasteiger partial charge in [-0.15, -0.1) is 0 Å². The molecule has 0 bridgehead atoms. The molecular formula is C19H20F3N3OS. The first kappa shape index (κ1) is 19.6. The Hall–Kier alpha value is -2.19. The Bertz CT molecular complexity index is 821. The molecule has 0 spiro atoms. The van der Waals surface area contributed by atoms with Crippen molar-refractivity contribution < 1.29 is 18.0 Å². The van der Waals surface area contributed by atoms with Crippen molar-refractivity contribution in [1.29, 1.82) is 0 Å². The number of halogens is 3. The van der Waals surface area contributed by atoms with E-state index in [1.165, 1.54) is 12.1 Å². The van der Waals surface area contributed by atoms with E-state index in [0.29, 0.717) is 19.5 Å². The Morgan fingerprint density at radius 3 is 2.70 bits per heavy atom. The summed E-state index contributed by atoms with van der Waals surface area (Å²) in [5.74, 6) is -1.50. The Kier molecular flexibility index (Phi) is 6.28. The maximum Gasteiger partial charge on any atom is 0.322 e. The highest BCUT2D eigenvalue weighted by atomic mass is 32.1. The van der Waals surface area contributed by atoms with Gasteiger partial charge in [-0.1, -0.05) is 12.1 Å². The van der Waals surface area contributed by atoms with Gasteiger partial charge in [0.1, 0.15) is 17.5 Å². The zero-order valence-electron chi connectivity index (χ0n) is 14.5. The highest BCUT2D eigenvalue weighted by Gasteiger charge is 2.33. The van der Waals surface area contributed by atoms with Crippen LogP contribution >= 0.6 is 12.6 Å². The minimum atomic E-state index is -0.510. The average Bonchev–Trinajstić information content (AvgIpc) is 3.01. The third kappa shape index (κ3) is 4.95. The maximum absolute atomic E-state index is 13.7. The van der Waals surface area contributed by atoms with Crippen LogP contribution in [0, 0.1) is 17.5 Å². The van der Waals surface area contributed by atoms with Crippen LogP contribution in [0.1, 0.15) is 12.0 Å². The quantitative estimate of drug-likeness (QED) is 0.675. The number of hydrogen-bond donors (Lipinski definition) is 3. The van der Waals surface area contributed by atoms with E-state index in [0.717, 1.165) is 18.2 Å². The molecule has 144 valence electrons. The largest absolute Gasteiger partial charge is 0.322 e. The van der Waals surface area contributed by atoms with E-state index in [1.807, 2.05) is 0 Å². The number of carbonyl (C=O) groups is 1. The molecule has 1 saturated heterocycles. The standard InChI is InChI=1S/C19H20F3N3OS/c20-13-5-6-16(21)12(7-13)9-23-10-14-8-15(27)11-25(14)19(26)24-18-4-2-1-3-17(18)22/h1-7,14-15,23,27H,8-11H2,(H,24,26)/t14-,15+/m0/s1. The zero-order valence-corrected chi connectivity index (χ0v) is 15.4. The van der Waals surface area contributed by atoms with Gasteiger partial charge in [-0.05, 0) is 36.8 Å². The smallest absolute Gasteiger partial charge is 0.319 e. The van der Waals surface area contributed by atoms with Gasteiger partial charge in [0.15, 0.2) is 0 Å². The molecule has 8 heteroatoms. The molecule has 0 radical (unpaired) electrons. The first-order valence-electron chi connectivity index (χ1n) is 8.59. The van der Waals surface area contributed by atoms with E-state index < -0.39 is 23.5 Å². The minimum absolute atomic E-state index is 0.00549. The lowest BCUT2D eigenvalue weighted by molar-refractivity contribution is 0.205. The van der Waals surface area contributed by atoms with E-state index in [9.17, 15) is 18.0 Å². The number of benzene rings is 2. The Labute approximate surface area is 161 Å². The van der Waals surface area contributed by atoms with Crippen molar-refractivity contribution in [1.82, 2.24) is 10.2 Å². The van der Waals surface area contributed by atoms with E-state index in [2.05, 4.69) is 23.3 Å². The number of nitrogens with one attached hydrogen (secondary N) is 2. The number of nitrogens with zero attached hydrogens (tertiary/aromatic N) is 1. The van der Waals surface area contributed by atoms with Crippen LogP contribution in [-0.2, 0) is 6.54 Å². The number of para-hydroxylation sites is 1. The number of urea groups is 1. The summed E-state index contributed by atoms with van der Waals surface area (Å²) in [4.78, 5) is 14.1. The summed E-state index contributed by atoms with van der Waals surface area (Å²) in [7, 11) is 0. The first-order valence-corrected chi connectivity index (χ1v) is 9.10. The lowest BCUT2D eigenvalue weighted by atomic mass is 10.2. The molecule has 0 saturated carbocycles. The van der Waals surface area contributed by atoms with Crippen molar-refractivity contribution in [3.8, 4) is 0 Å². The van der Waals surface area contributed by atoms with Crippen LogP contribution in [0.25, 0.3) is 0 Å². The molecule has 27 heavy (non-hydrogen) atoms. The van der Waals surface area contributed by atoms with Crippen LogP contribution in [-0.4, -0.2) is 35.3 Å². The van der Waals surface area contributed by atoms with Crippen molar-refractivity contribution in [2.45, 2.75) is 24.3 Å². The second-order valence-corrected chi connectivity index (χ2v) is 7.20. The molecule has 2 N–H and O–H groups in total. The summed E-state index contributed by atoms with van der Waals surface area (Å²) in [6.07, 6.45) is 0.645. The highest BCUT2D eigenvalue weighted by Crippen LogP contribution is 2.23. The highest BCUT2D eigenvalue weighted by molar-refractivity contribution is 7.81. The first-order chi connectivity index (χ1) is 12.9. The Morgan fingerprint density at radius 1 is 1.15 bits per heavy atom. The summed E-state index contributed by atoms with van der Waals surface area (Å²) < 4.78 is 40.7. The van der Waals surface area contributed by atoms with Gasteiger partial charge in [-0.25, -0.2) is 18.0 Å². The van der Waals surface area contributed by atoms with Gasteiger partial charge in [-0.3, -0.25) is 0 Å². The number of carbonyl (C=O) groups excluding carboxylic acids is 1. The SMILES string of the molecule is O=C(Nc1ccccc1F)N1C[C@H](S)C[C@H]1CNCc1cc(F)ccc1F. The molecule has 1 heterocycles. The Balaban J connectivity index is 1.59. The van der Waals surface area contributed by atoms with Gasteiger partial charge >= 0.3 is 6.03 Å². The molecule has 0 aliphatic carbocycles. The van der Waals surface area contributed by atoms with Crippen LogP contribution in [0.3, 0.4) is 0 Å². The molecular weight excluding hydrogens is 375 g/mol. The van der Waals surface area contributed by atoms with Gasteiger partial charge in [0.05, 0.1) is 5.69 Å². The molecule has 4 nitrogen and oxygen atoms in total. The number of amides is 2. The fourth-order valence-electron chi connectivity index (χ4n) is 3.14. The van der Waals surface area contributed by atoms with Crippen LogP contribution in [0.15, 0.2) is 42.5 Å². The topological polar surface area (TPSA) is 44.4 Å². The van der Waals surface area contributed by atoms with Crippen LogP contribution in [0.2, 0.25) is 0 Å². The third-order valence-electron chi connectivity index (χ3n) is 4.47. The van der Waals surface area contributed by atoms with Gasteiger partial charge in [0, 0.05) is 36.5 Å². The van der Waals surface area contributed by atoms with E-state index in [-0.39, 0.29) is 29.1 Å². The second-order valence-electron chi connectivity index (χ2n) is 6.47. The number of rotatable bonds is 5. The molecule has 2 aromatic rings. The lowest BCUT2D eigenvalue weighted by Crippen LogP contribution is -2.43. The summed E-state index contributed by atoms with van der Waals surface area (Å²) in [5, 5.41) is 5.62. The summed E-state index contributed by atoms with van der Waals surface area (Å²) >= 11 is 4.44. The van der Waals surface area contributed by atoms with E-state index >= 15 is 0 Å². The molecule has 0 aromatic heterocycles.